The molecular formula is C30H42N2O5. The monoisotopic (exact) mass is 510 g/mol. The lowest BCUT2D eigenvalue weighted by atomic mass is 10.0. The summed E-state index contributed by atoms with van der Waals surface area (Å²) in [5, 5.41) is 14.3. The molecule has 3 atom stereocenters. The van der Waals surface area contributed by atoms with Crippen LogP contribution in [0.1, 0.15) is 64.3 Å². The van der Waals surface area contributed by atoms with Crippen LogP contribution in [0.5, 0.6) is 0 Å². The third-order valence-corrected chi connectivity index (χ3v) is 6.11. The van der Waals surface area contributed by atoms with Crippen molar-refractivity contribution in [1.29, 1.82) is 0 Å². The zero-order valence-electron chi connectivity index (χ0n) is 23.0. The molecule has 7 heteroatoms. The highest BCUT2D eigenvalue weighted by Crippen LogP contribution is 2.31. The Morgan fingerprint density at radius 1 is 0.919 bits per heavy atom. The predicted molar refractivity (Wildman–Crippen MR) is 144 cm³/mol. The molecule has 0 aliphatic heterocycles. The van der Waals surface area contributed by atoms with Crippen molar-refractivity contribution in [3.05, 3.63) is 71.3 Å². The molecule has 0 bridgehead atoms. The zero-order valence-corrected chi connectivity index (χ0v) is 23.0. The fourth-order valence-corrected chi connectivity index (χ4v) is 4.69. The van der Waals surface area contributed by atoms with Crippen molar-refractivity contribution in [2.24, 2.45) is 0 Å². The van der Waals surface area contributed by atoms with E-state index >= 15 is 0 Å². The van der Waals surface area contributed by atoms with Crippen LogP contribution in [0.2, 0.25) is 0 Å². The molecule has 0 aromatic heterocycles. The average molecular weight is 511 g/mol. The lowest BCUT2D eigenvalue weighted by Gasteiger charge is -2.33. The van der Waals surface area contributed by atoms with Crippen LogP contribution in [0.25, 0.3) is 0 Å². The van der Waals surface area contributed by atoms with Gasteiger partial charge in [-0.25, -0.2) is 0 Å². The molecule has 2 N–H and O–H groups in total. The summed E-state index contributed by atoms with van der Waals surface area (Å²) in [5.41, 5.74) is 2.02. The Hall–Kier alpha value is -2.74. The van der Waals surface area contributed by atoms with Gasteiger partial charge in [0.25, 0.3) is 0 Å². The van der Waals surface area contributed by atoms with Gasteiger partial charge in [0.05, 0.1) is 25.2 Å². The summed E-state index contributed by atoms with van der Waals surface area (Å²) in [6.07, 6.45) is 0.653. The molecule has 0 radical (unpaired) electrons. The van der Waals surface area contributed by atoms with Crippen LogP contribution in [-0.4, -0.2) is 64.9 Å². The van der Waals surface area contributed by atoms with E-state index in [2.05, 4.69) is 5.32 Å². The van der Waals surface area contributed by atoms with Crippen LogP contribution < -0.4 is 5.32 Å². The van der Waals surface area contributed by atoms with Crippen LogP contribution in [-0.2, 0) is 31.9 Å². The smallest absolute Gasteiger partial charge is 0.320 e. The molecule has 1 aliphatic carbocycles. The fraction of sp³-hybridized carbons (Fsp3) is 0.533. The lowest BCUT2D eigenvalue weighted by Crippen LogP contribution is -2.50. The number of nitrogens with zero attached hydrogens (tertiary/aromatic N) is 1. The van der Waals surface area contributed by atoms with Crippen molar-refractivity contribution in [2.45, 2.75) is 83.8 Å². The summed E-state index contributed by atoms with van der Waals surface area (Å²) in [5.74, 6) is -0.805. The van der Waals surface area contributed by atoms with Crippen LogP contribution in [0, 0.1) is 0 Å². The molecular weight excluding hydrogens is 468 g/mol. The summed E-state index contributed by atoms with van der Waals surface area (Å²) in [4.78, 5) is 27.6. The molecule has 2 aromatic carbocycles. The SMILES string of the molecule is CC(C)(C)OC(=O)CN(CC(=O)OC(C)(C)C)[C@H](CN[C@@H]1c2ccccc2C[C@H]1O)Cc1ccccc1. The average Bonchev–Trinajstić information content (AvgIpc) is 3.09. The molecule has 7 nitrogen and oxygen atoms in total. The fourth-order valence-electron chi connectivity index (χ4n) is 4.69. The maximum Gasteiger partial charge on any atom is 0.320 e. The summed E-state index contributed by atoms with van der Waals surface area (Å²) in [6.45, 7) is 11.3. The Bertz CT molecular complexity index is 1010. The summed E-state index contributed by atoms with van der Waals surface area (Å²) < 4.78 is 11.2. The number of rotatable bonds is 10. The molecule has 0 unspecified atom stereocenters. The normalized spacial score (nSPS) is 18.4. The minimum Gasteiger partial charge on any atom is -0.459 e. The molecule has 37 heavy (non-hydrogen) atoms. The van der Waals surface area contributed by atoms with Gasteiger partial charge in [0.15, 0.2) is 0 Å². The van der Waals surface area contributed by atoms with Crippen molar-refractivity contribution in [3.8, 4) is 0 Å². The van der Waals surface area contributed by atoms with Gasteiger partial charge in [0.1, 0.15) is 11.2 Å². The van der Waals surface area contributed by atoms with Gasteiger partial charge in [-0.05, 0) is 64.7 Å². The van der Waals surface area contributed by atoms with E-state index in [-0.39, 0.29) is 25.2 Å². The van der Waals surface area contributed by atoms with Gasteiger partial charge in [-0.15, -0.1) is 0 Å². The third kappa shape index (κ3) is 9.26. The van der Waals surface area contributed by atoms with E-state index in [1.165, 1.54) is 0 Å². The van der Waals surface area contributed by atoms with Crippen LogP contribution in [0.15, 0.2) is 54.6 Å². The van der Waals surface area contributed by atoms with E-state index in [1.807, 2.05) is 101 Å². The van der Waals surface area contributed by atoms with Gasteiger partial charge in [0.2, 0.25) is 0 Å². The largest absolute Gasteiger partial charge is 0.459 e. The quantitative estimate of drug-likeness (QED) is 0.470. The second-order valence-electron chi connectivity index (χ2n) is 11.8. The minimum atomic E-state index is -0.639. The van der Waals surface area contributed by atoms with Gasteiger partial charge in [-0.3, -0.25) is 14.5 Å². The van der Waals surface area contributed by atoms with Gasteiger partial charge in [-0.1, -0.05) is 54.6 Å². The van der Waals surface area contributed by atoms with E-state index in [1.54, 1.807) is 0 Å². The lowest BCUT2D eigenvalue weighted by molar-refractivity contribution is -0.161. The Balaban J connectivity index is 1.85. The number of carbonyl (C=O) groups excluding carboxylic acids is 2. The number of fused-ring (bicyclic) bond motifs is 1. The Kier molecular flexibility index (Phi) is 9.51. The Morgan fingerprint density at radius 3 is 2.03 bits per heavy atom. The van der Waals surface area contributed by atoms with E-state index in [9.17, 15) is 14.7 Å². The van der Waals surface area contributed by atoms with Crippen LogP contribution in [0.3, 0.4) is 0 Å². The van der Waals surface area contributed by atoms with Gasteiger partial charge < -0.3 is 19.9 Å². The van der Waals surface area contributed by atoms with E-state index in [0.717, 1.165) is 16.7 Å². The van der Waals surface area contributed by atoms with Gasteiger partial charge >= 0.3 is 11.9 Å². The molecule has 202 valence electrons. The highest BCUT2D eigenvalue weighted by atomic mass is 16.6. The summed E-state index contributed by atoms with van der Waals surface area (Å²) in [7, 11) is 0. The molecule has 0 fully saturated rings. The summed E-state index contributed by atoms with van der Waals surface area (Å²) in [6, 6.07) is 17.6. The molecule has 0 heterocycles. The second-order valence-corrected chi connectivity index (χ2v) is 11.8. The first-order valence-electron chi connectivity index (χ1n) is 13.0. The minimum absolute atomic E-state index is 0.0561. The number of carbonyl (C=O) groups is 2. The number of aliphatic hydroxyl groups is 1. The van der Waals surface area contributed by atoms with Crippen molar-refractivity contribution in [3.63, 3.8) is 0 Å². The van der Waals surface area contributed by atoms with E-state index < -0.39 is 29.2 Å². The number of hydrogen-bond donors (Lipinski definition) is 2. The van der Waals surface area contributed by atoms with Gasteiger partial charge in [-0.2, -0.15) is 0 Å². The maximum atomic E-state index is 12.9. The predicted octanol–water partition coefficient (Wildman–Crippen LogP) is 3.83. The summed E-state index contributed by atoms with van der Waals surface area (Å²) >= 11 is 0. The number of esters is 2. The standard InChI is InChI=1S/C30H42N2O5/c1-29(2,3)36-26(34)19-32(20-27(35)37-30(4,5)6)23(16-21-12-8-7-9-13-21)18-31-28-24-15-11-10-14-22(24)17-25(28)33/h7-15,23,25,28,31,33H,16-20H2,1-6H3/t23-,25+,28+/m0/s1. The molecule has 1 aliphatic rings. The molecule has 3 rings (SSSR count). The van der Waals surface area contributed by atoms with Crippen LogP contribution >= 0.6 is 0 Å². The molecule has 0 saturated heterocycles. The topological polar surface area (TPSA) is 88.1 Å². The van der Waals surface area contributed by atoms with Crippen molar-refractivity contribution in [2.75, 3.05) is 19.6 Å². The van der Waals surface area contributed by atoms with E-state index in [0.29, 0.717) is 19.4 Å². The van der Waals surface area contributed by atoms with Crippen molar-refractivity contribution < 1.29 is 24.2 Å². The first kappa shape index (κ1) is 28.8. The Labute approximate surface area is 221 Å². The number of aliphatic hydroxyl groups excluding tert-OH is 1. The number of nitrogens with one attached hydrogen (secondary N) is 1. The van der Waals surface area contributed by atoms with Crippen LogP contribution in [0.4, 0.5) is 0 Å². The highest BCUT2D eigenvalue weighted by Gasteiger charge is 2.33. The van der Waals surface area contributed by atoms with Crippen molar-refractivity contribution >= 4 is 11.9 Å². The third-order valence-electron chi connectivity index (χ3n) is 6.11. The zero-order chi connectivity index (χ0) is 27.2. The first-order chi connectivity index (χ1) is 17.3. The molecule has 0 spiro atoms. The van der Waals surface area contributed by atoms with E-state index in [4.69, 9.17) is 9.47 Å². The molecule has 0 saturated carbocycles. The Morgan fingerprint density at radius 2 is 1.46 bits per heavy atom. The number of benzene rings is 2. The number of hydrogen-bond acceptors (Lipinski definition) is 7. The van der Waals surface area contributed by atoms with Gasteiger partial charge in [0, 0.05) is 19.0 Å². The molecule has 2 aromatic rings. The first-order valence-corrected chi connectivity index (χ1v) is 13.0. The molecule has 0 amide bonds. The second kappa shape index (κ2) is 12.2. The maximum absolute atomic E-state index is 12.9. The van der Waals surface area contributed by atoms with Crippen molar-refractivity contribution in [1.82, 2.24) is 10.2 Å². The highest BCUT2D eigenvalue weighted by molar-refractivity contribution is 5.75. The number of ether oxygens (including phenoxy) is 2.